The Bertz CT molecular complexity index is 356. The van der Waals surface area contributed by atoms with Crippen LogP contribution >= 0.6 is 11.6 Å². The Morgan fingerprint density at radius 3 is 2.15 bits per heavy atom. The van der Waals surface area contributed by atoms with Crippen LogP contribution in [0.2, 0.25) is 5.02 Å². The molecule has 13 heavy (non-hydrogen) atoms. The Kier molecular flexibility index (Phi) is 1.84. The van der Waals surface area contributed by atoms with E-state index in [1.807, 2.05) is 19.1 Å². The minimum Gasteiger partial charge on any atom is -0.130 e. The molecule has 0 fully saturated rings. The number of halogens is 1. The molecule has 5 heteroatoms. The normalized spacial score (nSPS) is 18.0. The van der Waals surface area contributed by atoms with Gasteiger partial charge in [0.25, 0.3) is 0 Å². The lowest BCUT2D eigenvalue weighted by molar-refractivity contribution is 0.519. The molecule has 0 spiro atoms. The molecule has 0 atom stereocenters. The maximum atomic E-state index is 5.76. The van der Waals surface area contributed by atoms with E-state index in [0.717, 1.165) is 5.56 Å². The van der Waals surface area contributed by atoms with Crippen molar-refractivity contribution in [2.24, 2.45) is 20.7 Å². The maximum absolute atomic E-state index is 5.76. The fourth-order valence-electron chi connectivity index (χ4n) is 1.12. The summed E-state index contributed by atoms with van der Waals surface area (Å²) in [6.45, 7) is 1.84. The van der Waals surface area contributed by atoms with E-state index in [4.69, 9.17) is 11.6 Å². The summed E-state index contributed by atoms with van der Waals surface area (Å²) in [5, 5.41) is 15.5. The highest BCUT2D eigenvalue weighted by Gasteiger charge is 2.28. The minimum absolute atomic E-state index is 0.662. The zero-order valence-electron chi connectivity index (χ0n) is 6.98. The van der Waals surface area contributed by atoms with Gasteiger partial charge in [-0.25, -0.2) is 0 Å². The van der Waals surface area contributed by atoms with Crippen LogP contribution in [0.4, 0.5) is 0 Å². The summed E-state index contributed by atoms with van der Waals surface area (Å²) in [5.74, 6) is 0. The van der Waals surface area contributed by atoms with E-state index in [0.29, 0.717) is 5.02 Å². The summed E-state index contributed by atoms with van der Waals surface area (Å²) in [6.07, 6.45) is 0. The third-order valence-electron chi connectivity index (χ3n) is 1.91. The van der Waals surface area contributed by atoms with Crippen LogP contribution in [-0.4, -0.2) is 0 Å². The van der Waals surface area contributed by atoms with Gasteiger partial charge >= 0.3 is 0 Å². The van der Waals surface area contributed by atoms with Crippen LogP contribution < -0.4 is 0 Å². The summed E-state index contributed by atoms with van der Waals surface area (Å²) in [4.78, 5) is 0. The van der Waals surface area contributed by atoms with Gasteiger partial charge in [0, 0.05) is 10.6 Å². The van der Waals surface area contributed by atoms with Gasteiger partial charge in [-0.15, -0.1) is 10.2 Å². The van der Waals surface area contributed by atoms with Gasteiger partial charge in [-0.05, 0) is 29.5 Å². The minimum atomic E-state index is -0.662. The quantitative estimate of drug-likeness (QED) is 0.659. The highest BCUT2D eigenvalue weighted by molar-refractivity contribution is 6.30. The van der Waals surface area contributed by atoms with E-state index in [2.05, 4.69) is 20.7 Å². The van der Waals surface area contributed by atoms with E-state index in [-0.39, 0.29) is 0 Å². The first-order valence-electron chi connectivity index (χ1n) is 3.81. The second-order valence-electron chi connectivity index (χ2n) is 2.91. The van der Waals surface area contributed by atoms with Crippen LogP contribution in [0.3, 0.4) is 0 Å². The summed E-state index contributed by atoms with van der Waals surface area (Å²) in [7, 11) is 0. The molecule has 0 unspecified atom stereocenters. The number of hydrogen-bond donors (Lipinski definition) is 0. The van der Waals surface area contributed by atoms with Gasteiger partial charge in [0.05, 0.1) is 0 Å². The van der Waals surface area contributed by atoms with Gasteiger partial charge in [-0.2, -0.15) is 0 Å². The van der Waals surface area contributed by atoms with Crippen LogP contribution in [0.25, 0.3) is 0 Å². The van der Waals surface area contributed by atoms with Crippen LogP contribution in [0.1, 0.15) is 12.5 Å². The van der Waals surface area contributed by atoms with Crippen molar-refractivity contribution >= 4 is 11.6 Å². The van der Waals surface area contributed by atoms with Crippen molar-refractivity contribution in [2.45, 2.75) is 12.6 Å². The zero-order valence-corrected chi connectivity index (χ0v) is 7.73. The first-order chi connectivity index (χ1) is 6.21. The van der Waals surface area contributed by atoms with Gasteiger partial charge < -0.3 is 0 Å². The topological polar surface area (TPSA) is 49.4 Å². The Morgan fingerprint density at radius 2 is 1.62 bits per heavy atom. The molecule has 4 nitrogen and oxygen atoms in total. The van der Waals surface area contributed by atoms with Crippen LogP contribution in [0.15, 0.2) is 44.9 Å². The molecule has 1 aliphatic heterocycles. The lowest BCUT2D eigenvalue weighted by Gasteiger charge is -2.13. The fraction of sp³-hybridized carbons (Fsp3) is 0.250. The molecule has 0 saturated carbocycles. The molecule has 2 rings (SSSR count). The van der Waals surface area contributed by atoms with E-state index in [1.54, 1.807) is 12.1 Å². The van der Waals surface area contributed by atoms with Crippen LogP contribution in [0.5, 0.6) is 0 Å². The zero-order chi connectivity index (χ0) is 9.31. The number of rotatable bonds is 1. The van der Waals surface area contributed by atoms with E-state index in [9.17, 15) is 0 Å². The molecule has 0 amide bonds. The number of hydrogen-bond acceptors (Lipinski definition) is 4. The molecule has 66 valence electrons. The lowest BCUT2D eigenvalue weighted by atomic mass is 10.0. The smallest absolute Gasteiger partial charge is 0.130 e. The standard InChI is InChI=1S/C8H7ClN4/c1-8(10-12-13-11-8)6-2-4-7(9)5-3-6/h2-5H,1H3. The average Bonchev–Trinajstić information content (AvgIpc) is 2.54. The highest BCUT2D eigenvalue weighted by Crippen LogP contribution is 2.31. The van der Waals surface area contributed by atoms with Crippen molar-refractivity contribution in [3.63, 3.8) is 0 Å². The van der Waals surface area contributed by atoms with Crippen molar-refractivity contribution in [1.29, 1.82) is 0 Å². The van der Waals surface area contributed by atoms with Gasteiger partial charge in [-0.3, -0.25) is 0 Å². The van der Waals surface area contributed by atoms with Crippen molar-refractivity contribution in [3.8, 4) is 0 Å². The molecule has 0 N–H and O–H groups in total. The Morgan fingerprint density at radius 1 is 1.08 bits per heavy atom. The summed E-state index contributed by atoms with van der Waals surface area (Å²) < 4.78 is 0. The SMILES string of the molecule is CC1(c2ccc(Cl)cc2)N=NN=N1. The monoisotopic (exact) mass is 194 g/mol. The Balaban J connectivity index is 2.41. The Labute approximate surface area is 80.3 Å². The maximum Gasteiger partial charge on any atom is 0.217 e. The summed E-state index contributed by atoms with van der Waals surface area (Å²) in [6, 6.07) is 7.33. The molecular weight excluding hydrogens is 188 g/mol. The molecule has 1 aromatic rings. The second kappa shape index (κ2) is 2.88. The molecule has 0 radical (unpaired) electrons. The first-order valence-corrected chi connectivity index (χ1v) is 4.19. The van der Waals surface area contributed by atoms with E-state index in [1.165, 1.54) is 0 Å². The van der Waals surface area contributed by atoms with Gasteiger partial charge in [0.2, 0.25) is 5.66 Å². The third-order valence-corrected chi connectivity index (χ3v) is 2.16. The first kappa shape index (κ1) is 8.31. The predicted octanol–water partition coefficient (Wildman–Crippen LogP) is 3.35. The molecule has 1 aliphatic rings. The van der Waals surface area contributed by atoms with E-state index < -0.39 is 5.66 Å². The molecular formula is C8H7ClN4. The summed E-state index contributed by atoms with van der Waals surface area (Å²) >= 11 is 5.76. The Hall–Kier alpha value is -1.29. The van der Waals surface area contributed by atoms with Crippen LogP contribution in [0, 0.1) is 0 Å². The van der Waals surface area contributed by atoms with Crippen molar-refractivity contribution < 1.29 is 0 Å². The second-order valence-corrected chi connectivity index (χ2v) is 3.34. The lowest BCUT2D eigenvalue weighted by Crippen LogP contribution is -2.12. The van der Waals surface area contributed by atoms with Gasteiger partial charge in [0.15, 0.2) is 0 Å². The number of benzene rings is 1. The molecule has 0 bridgehead atoms. The van der Waals surface area contributed by atoms with Crippen molar-refractivity contribution in [1.82, 2.24) is 0 Å². The molecule has 0 aromatic heterocycles. The third kappa shape index (κ3) is 1.45. The van der Waals surface area contributed by atoms with Crippen molar-refractivity contribution in [3.05, 3.63) is 34.9 Å². The highest BCUT2D eigenvalue weighted by atomic mass is 35.5. The fourth-order valence-corrected chi connectivity index (χ4v) is 1.24. The average molecular weight is 195 g/mol. The predicted molar refractivity (Wildman–Crippen MR) is 48.5 cm³/mol. The molecule has 0 aliphatic carbocycles. The summed E-state index contributed by atoms with van der Waals surface area (Å²) in [5.41, 5.74) is 0.270. The van der Waals surface area contributed by atoms with Gasteiger partial charge in [0.1, 0.15) is 0 Å². The largest absolute Gasteiger partial charge is 0.217 e. The molecule has 1 aromatic carbocycles. The van der Waals surface area contributed by atoms with Gasteiger partial charge in [-0.1, -0.05) is 23.7 Å². The van der Waals surface area contributed by atoms with E-state index >= 15 is 0 Å². The molecule has 1 heterocycles. The number of nitrogens with zero attached hydrogens (tertiary/aromatic N) is 4. The van der Waals surface area contributed by atoms with Crippen LogP contribution in [-0.2, 0) is 5.66 Å². The van der Waals surface area contributed by atoms with Crippen molar-refractivity contribution in [2.75, 3.05) is 0 Å². The molecule has 0 saturated heterocycles.